The second-order valence-electron chi connectivity index (χ2n) is 5.44. The van der Waals surface area contributed by atoms with Gasteiger partial charge in [-0.3, -0.25) is 14.9 Å². The molecule has 3 N–H and O–H groups in total. The van der Waals surface area contributed by atoms with E-state index in [0.29, 0.717) is 5.02 Å². The van der Waals surface area contributed by atoms with Crippen LogP contribution in [0.1, 0.15) is 10.4 Å². The van der Waals surface area contributed by atoms with Gasteiger partial charge in [0, 0.05) is 11.1 Å². The van der Waals surface area contributed by atoms with E-state index in [1.807, 2.05) is 0 Å². The fraction of sp³-hybridized carbons (Fsp3) is 0.125. The normalized spacial score (nSPS) is 12.0. The van der Waals surface area contributed by atoms with Crippen LogP contribution in [0.3, 0.4) is 0 Å². The lowest BCUT2D eigenvalue weighted by atomic mass is 10.2. The third-order valence-electron chi connectivity index (χ3n) is 3.40. The molecular weight excluding hydrogens is 506 g/mol. The van der Waals surface area contributed by atoms with Gasteiger partial charge in [-0.2, -0.15) is 0 Å². The molecule has 1 amide bonds. The zero-order valence-electron chi connectivity index (χ0n) is 14.1. The van der Waals surface area contributed by atoms with Crippen molar-refractivity contribution in [2.75, 3.05) is 5.32 Å². The second kappa shape index (κ2) is 9.97. The Bertz CT molecular complexity index is 954. The largest absolute Gasteiger partial charge is 0.339 e. The van der Waals surface area contributed by atoms with Crippen LogP contribution in [0.25, 0.3) is 0 Å². The standard InChI is InChI=1S/C16H11Cl5N4O3S/c17-8-5-6-9(10(18)7-8)13(26)23-14(16(19,20)21)24-15(29)22-11-3-1-2-4-12(11)25(27)28/h1-7,14H,(H,23,26)(H2,22,24,29)/t14-/m1/s1. The number of amides is 1. The highest BCUT2D eigenvalue weighted by atomic mass is 35.6. The first-order valence-corrected chi connectivity index (χ1v) is 9.92. The maximum absolute atomic E-state index is 12.5. The highest BCUT2D eigenvalue weighted by Crippen LogP contribution is 2.30. The molecule has 13 heteroatoms. The summed E-state index contributed by atoms with van der Waals surface area (Å²) in [4.78, 5) is 23.0. The highest BCUT2D eigenvalue weighted by molar-refractivity contribution is 7.80. The molecule has 0 unspecified atom stereocenters. The number of nitrogens with one attached hydrogen (secondary N) is 3. The molecule has 7 nitrogen and oxygen atoms in total. The summed E-state index contributed by atoms with van der Waals surface area (Å²) in [6.07, 6.45) is -1.30. The molecule has 154 valence electrons. The van der Waals surface area contributed by atoms with Crippen LogP contribution >= 0.6 is 70.2 Å². The first-order valence-electron chi connectivity index (χ1n) is 7.62. The van der Waals surface area contributed by atoms with E-state index in [4.69, 9.17) is 70.2 Å². The maximum atomic E-state index is 12.5. The van der Waals surface area contributed by atoms with Gasteiger partial charge in [-0.05, 0) is 36.5 Å². The third kappa shape index (κ3) is 6.74. The average molecular weight is 517 g/mol. The Morgan fingerprint density at radius 3 is 2.34 bits per heavy atom. The van der Waals surface area contributed by atoms with Gasteiger partial charge >= 0.3 is 0 Å². The molecule has 0 heterocycles. The zero-order chi connectivity index (χ0) is 21.8. The van der Waals surface area contributed by atoms with Gasteiger partial charge in [0.15, 0.2) is 5.11 Å². The Hall–Kier alpha value is -1.55. The molecule has 0 bridgehead atoms. The van der Waals surface area contributed by atoms with Crippen molar-refractivity contribution >= 4 is 92.6 Å². The number of nitrogens with zero attached hydrogens (tertiary/aromatic N) is 1. The van der Waals surface area contributed by atoms with Crippen LogP contribution in [-0.2, 0) is 0 Å². The molecule has 0 radical (unpaired) electrons. The smallest absolute Gasteiger partial charge is 0.292 e. The van der Waals surface area contributed by atoms with Crippen molar-refractivity contribution in [2.24, 2.45) is 0 Å². The van der Waals surface area contributed by atoms with Crippen molar-refractivity contribution in [2.45, 2.75) is 9.96 Å². The number of carbonyl (C=O) groups excluding carboxylic acids is 1. The number of anilines is 1. The molecule has 0 aliphatic carbocycles. The summed E-state index contributed by atoms with van der Waals surface area (Å²) < 4.78 is -2.02. The molecule has 0 fully saturated rings. The second-order valence-corrected chi connectivity index (χ2v) is 9.07. The Morgan fingerprint density at radius 1 is 1.10 bits per heavy atom. The summed E-state index contributed by atoms with van der Waals surface area (Å²) in [6, 6.07) is 10.1. The lowest BCUT2D eigenvalue weighted by molar-refractivity contribution is -0.383. The number of nitro groups is 1. The number of rotatable bonds is 5. The quantitative estimate of drug-likeness (QED) is 0.164. The van der Waals surface area contributed by atoms with Gasteiger partial charge < -0.3 is 16.0 Å². The van der Waals surface area contributed by atoms with Gasteiger partial charge in [0.1, 0.15) is 11.9 Å². The van der Waals surface area contributed by atoms with Crippen molar-refractivity contribution in [1.29, 1.82) is 0 Å². The number of nitro benzene ring substituents is 1. The van der Waals surface area contributed by atoms with Crippen LogP contribution in [0.5, 0.6) is 0 Å². The Balaban J connectivity index is 2.16. The SMILES string of the molecule is O=C(N[C@H](NC(=S)Nc1ccccc1[N+](=O)[O-])C(Cl)(Cl)Cl)c1ccc(Cl)cc1Cl. The summed E-state index contributed by atoms with van der Waals surface area (Å²) in [5.74, 6) is -0.663. The van der Waals surface area contributed by atoms with Crippen LogP contribution in [0.15, 0.2) is 42.5 Å². The number of carbonyl (C=O) groups is 1. The number of para-hydroxylation sites is 2. The van der Waals surface area contributed by atoms with Gasteiger partial charge in [0.2, 0.25) is 3.79 Å². The molecule has 1 atom stereocenters. The zero-order valence-corrected chi connectivity index (χ0v) is 18.7. The molecule has 0 aromatic heterocycles. The summed E-state index contributed by atoms with van der Waals surface area (Å²) in [5.41, 5.74) is -0.00102. The molecule has 2 aromatic carbocycles. The van der Waals surface area contributed by atoms with E-state index in [2.05, 4.69) is 16.0 Å². The van der Waals surface area contributed by atoms with Crippen molar-refractivity contribution in [1.82, 2.24) is 10.6 Å². The number of benzene rings is 2. The molecule has 2 aromatic rings. The number of hydrogen-bond acceptors (Lipinski definition) is 4. The molecule has 0 spiro atoms. The van der Waals surface area contributed by atoms with E-state index in [9.17, 15) is 14.9 Å². The van der Waals surface area contributed by atoms with Crippen molar-refractivity contribution in [3.8, 4) is 0 Å². The van der Waals surface area contributed by atoms with Gasteiger partial charge in [0.25, 0.3) is 11.6 Å². The lowest BCUT2D eigenvalue weighted by Crippen LogP contribution is -2.56. The predicted molar refractivity (Wildman–Crippen MR) is 120 cm³/mol. The minimum Gasteiger partial charge on any atom is -0.339 e. The Morgan fingerprint density at radius 2 is 1.76 bits per heavy atom. The van der Waals surface area contributed by atoms with Crippen molar-refractivity contribution < 1.29 is 9.72 Å². The fourth-order valence-corrected chi connectivity index (χ4v) is 3.16. The number of halogens is 5. The van der Waals surface area contributed by atoms with E-state index < -0.39 is 20.8 Å². The van der Waals surface area contributed by atoms with Crippen LogP contribution in [0.2, 0.25) is 10.0 Å². The number of thiocarbonyl (C=S) groups is 1. The topological polar surface area (TPSA) is 96.3 Å². The summed E-state index contributed by atoms with van der Waals surface area (Å²) >= 11 is 34.7. The van der Waals surface area contributed by atoms with E-state index in [1.54, 1.807) is 6.07 Å². The third-order valence-corrected chi connectivity index (χ3v) is 4.83. The van der Waals surface area contributed by atoms with Crippen molar-refractivity contribution in [3.05, 3.63) is 68.2 Å². The first-order chi connectivity index (χ1) is 13.5. The first kappa shape index (κ1) is 23.7. The Kier molecular flexibility index (Phi) is 8.16. The molecular formula is C16H11Cl5N4O3S. The van der Waals surface area contributed by atoms with Gasteiger partial charge in [-0.1, -0.05) is 70.1 Å². The van der Waals surface area contributed by atoms with Crippen LogP contribution in [0, 0.1) is 10.1 Å². The average Bonchev–Trinajstić information content (AvgIpc) is 2.60. The summed E-state index contributed by atoms with van der Waals surface area (Å²) in [6.45, 7) is 0. The Labute approximate surface area is 195 Å². The molecule has 0 aliphatic heterocycles. The van der Waals surface area contributed by atoms with Crippen molar-refractivity contribution in [3.63, 3.8) is 0 Å². The van der Waals surface area contributed by atoms with Gasteiger partial charge in [-0.25, -0.2) is 0 Å². The van der Waals surface area contributed by atoms with Crippen LogP contribution in [-0.4, -0.2) is 25.9 Å². The van der Waals surface area contributed by atoms with E-state index in [1.165, 1.54) is 36.4 Å². The summed E-state index contributed by atoms with van der Waals surface area (Å²) in [5, 5.41) is 19.1. The minimum atomic E-state index is -2.02. The van der Waals surface area contributed by atoms with E-state index in [-0.39, 0.29) is 27.1 Å². The predicted octanol–water partition coefficient (Wildman–Crippen LogP) is 5.31. The highest BCUT2D eigenvalue weighted by Gasteiger charge is 2.35. The lowest BCUT2D eigenvalue weighted by Gasteiger charge is -2.28. The van der Waals surface area contributed by atoms with Gasteiger partial charge in [-0.15, -0.1) is 0 Å². The molecule has 0 aliphatic rings. The summed E-state index contributed by atoms with van der Waals surface area (Å²) in [7, 11) is 0. The fourth-order valence-electron chi connectivity index (χ4n) is 2.11. The number of hydrogen-bond donors (Lipinski definition) is 3. The van der Waals surface area contributed by atoms with Gasteiger partial charge in [0.05, 0.1) is 15.5 Å². The maximum Gasteiger partial charge on any atom is 0.292 e. The molecule has 0 saturated carbocycles. The van der Waals surface area contributed by atoms with Crippen LogP contribution < -0.4 is 16.0 Å². The van der Waals surface area contributed by atoms with E-state index >= 15 is 0 Å². The van der Waals surface area contributed by atoms with E-state index in [0.717, 1.165) is 0 Å². The molecule has 2 rings (SSSR count). The number of alkyl halides is 3. The molecule has 0 saturated heterocycles. The minimum absolute atomic E-state index is 0.0923. The van der Waals surface area contributed by atoms with Crippen LogP contribution in [0.4, 0.5) is 11.4 Å². The molecule has 29 heavy (non-hydrogen) atoms. The monoisotopic (exact) mass is 514 g/mol.